The zero-order valence-corrected chi connectivity index (χ0v) is 17.9. The predicted octanol–water partition coefficient (Wildman–Crippen LogP) is 5.37. The van der Waals surface area contributed by atoms with Crippen molar-refractivity contribution in [3.05, 3.63) is 29.3 Å². The Morgan fingerprint density at radius 1 is 1.19 bits per heavy atom. The van der Waals surface area contributed by atoms with Gasteiger partial charge < -0.3 is 9.47 Å². The molecule has 0 aliphatic heterocycles. The molecule has 0 N–H and O–H groups in total. The summed E-state index contributed by atoms with van der Waals surface area (Å²) in [5, 5.41) is 0.685. The van der Waals surface area contributed by atoms with Crippen LogP contribution in [-0.4, -0.2) is 30.4 Å². The molecular formula is C21H29ClO4S. The Balaban J connectivity index is 1.67. The molecule has 1 saturated carbocycles. The maximum atomic E-state index is 12.1. The minimum absolute atomic E-state index is 0.0691. The summed E-state index contributed by atoms with van der Waals surface area (Å²) in [6, 6.07) is 7.45. The maximum absolute atomic E-state index is 12.1. The van der Waals surface area contributed by atoms with Crippen molar-refractivity contribution in [1.29, 1.82) is 0 Å². The monoisotopic (exact) mass is 412 g/mol. The summed E-state index contributed by atoms with van der Waals surface area (Å²) in [5.41, 5.74) is 0. The predicted molar refractivity (Wildman–Crippen MR) is 109 cm³/mol. The number of halogens is 1. The van der Waals surface area contributed by atoms with Gasteiger partial charge >= 0.3 is 11.9 Å². The van der Waals surface area contributed by atoms with Crippen LogP contribution in [0.3, 0.4) is 0 Å². The Morgan fingerprint density at radius 2 is 1.89 bits per heavy atom. The molecule has 6 heteroatoms. The van der Waals surface area contributed by atoms with E-state index >= 15 is 0 Å². The number of hydrogen-bond acceptors (Lipinski definition) is 5. The third-order valence-electron chi connectivity index (χ3n) is 4.98. The van der Waals surface area contributed by atoms with E-state index in [0.29, 0.717) is 28.5 Å². The highest BCUT2D eigenvalue weighted by Crippen LogP contribution is 2.35. The largest absolute Gasteiger partial charge is 0.460 e. The van der Waals surface area contributed by atoms with E-state index in [2.05, 4.69) is 20.8 Å². The van der Waals surface area contributed by atoms with E-state index in [1.807, 2.05) is 24.3 Å². The molecule has 0 radical (unpaired) electrons. The molecule has 3 atom stereocenters. The lowest BCUT2D eigenvalue weighted by atomic mass is 9.75. The number of rotatable bonds is 8. The highest BCUT2D eigenvalue weighted by atomic mass is 35.5. The second-order valence-electron chi connectivity index (χ2n) is 7.57. The highest BCUT2D eigenvalue weighted by Gasteiger charge is 2.33. The van der Waals surface area contributed by atoms with Gasteiger partial charge in [-0.25, -0.2) is 4.79 Å². The molecule has 0 heterocycles. The topological polar surface area (TPSA) is 52.6 Å². The van der Waals surface area contributed by atoms with Crippen LogP contribution in [0.5, 0.6) is 0 Å². The molecule has 1 aromatic rings. The summed E-state index contributed by atoms with van der Waals surface area (Å²) in [4.78, 5) is 25.0. The van der Waals surface area contributed by atoms with Gasteiger partial charge in [-0.2, -0.15) is 0 Å². The summed E-state index contributed by atoms with van der Waals surface area (Å²) >= 11 is 7.39. The summed E-state index contributed by atoms with van der Waals surface area (Å²) < 4.78 is 10.7. The smallest absolute Gasteiger partial charge is 0.344 e. The summed E-state index contributed by atoms with van der Waals surface area (Å²) in [7, 11) is 0. The lowest BCUT2D eigenvalue weighted by Crippen LogP contribution is -2.36. The van der Waals surface area contributed by atoms with Crippen LogP contribution in [0.2, 0.25) is 5.02 Å². The van der Waals surface area contributed by atoms with Crippen molar-refractivity contribution in [3.63, 3.8) is 0 Å². The molecule has 2 rings (SSSR count). The second kappa shape index (κ2) is 11.0. The molecule has 4 nitrogen and oxygen atoms in total. The van der Waals surface area contributed by atoms with Crippen LogP contribution >= 0.6 is 23.4 Å². The van der Waals surface area contributed by atoms with Gasteiger partial charge in [0, 0.05) is 15.7 Å². The van der Waals surface area contributed by atoms with E-state index in [1.54, 1.807) is 11.8 Å². The van der Waals surface area contributed by atoms with Gasteiger partial charge in [0.2, 0.25) is 0 Å². The summed E-state index contributed by atoms with van der Waals surface area (Å²) in [5.74, 6) is 1.18. The first-order valence-electron chi connectivity index (χ1n) is 9.58. The van der Waals surface area contributed by atoms with Gasteiger partial charge in [0.25, 0.3) is 0 Å². The van der Waals surface area contributed by atoms with Crippen LogP contribution in [0.1, 0.15) is 46.5 Å². The van der Waals surface area contributed by atoms with Gasteiger partial charge in [-0.1, -0.05) is 38.8 Å². The van der Waals surface area contributed by atoms with Gasteiger partial charge in [-0.05, 0) is 54.9 Å². The quantitative estimate of drug-likeness (QED) is 0.424. The number of thioether (sulfide) groups is 1. The molecular weight excluding hydrogens is 384 g/mol. The standard InChI is InChI=1S/C21H29ClO4S/c1-14(2)18-9-4-15(3)12-19(18)26-21(24)13-25-20(23)10-11-27-17-7-5-16(22)6-8-17/h5-8,14-15,18-19H,4,9-13H2,1-3H3/t15-,18+,19+/m0/s1. The SMILES string of the molecule is CC(C)[C@H]1CC[C@H](C)C[C@H]1OC(=O)COC(=O)CCSc1ccc(Cl)cc1. The highest BCUT2D eigenvalue weighted by molar-refractivity contribution is 7.99. The Labute approximate surface area is 171 Å². The second-order valence-corrected chi connectivity index (χ2v) is 9.17. The average molecular weight is 413 g/mol. The molecule has 1 aliphatic rings. The Bertz CT molecular complexity index is 617. The zero-order valence-electron chi connectivity index (χ0n) is 16.3. The fourth-order valence-electron chi connectivity index (χ4n) is 3.45. The van der Waals surface area contributed by atoms with Crippen LogP contribution in [0.15, 0.2) is 29.2 Å². The van der Waals surface area contributed by atoms with Gasteiger partial charge in [0.15, 0.2) is 6.61 Å². The number of carbonyl (C=O) groups is 2. The van der Waals surface area contributed by atoms with Gasteiger partial charge in [-0.15, -0.1) is 11.8 Å². The molecule has 150 valence electrons. The van der Waals surface area contributed by atoms with Crippen molar-refractivity contribution in [2.75, 3.05) is 12.4 Å². The van der Waals surface area contributed by atoms with E-state index < -0.39 is 5.97 Å². The molecule has 1 aromatic carbocycles. The minimum atomic E-state index is -0.446. The maximum Gasteiger partial charge on any atom is 0.344 e. The third kappa shape index (κ3) is 7.74. The van der Waals surface area contributed by atoms with Gasteiger partial charge in [0.1, 0.15) is 6.10 Å². The number of ether oxygens (including phenoxy) is 2. The first-order chi connectivity index (χ1) is 12.8. The van der Waals surface area contributed by atoms with E-state index in [-0.39, 0.29) is 25.1 Å². The zero-order chi connectivity index (χ0) is 19.8. The van der Waals surface area contributed by atoms with Crippen molar-refractivity contribution in [3.8, 4) is 0 Å². The van der Waals surface area contributed by atoms with Crippen LogP contribution < -0.4 is 0 Å². The van der Waals surface area contributed by atoms with E-state index in [9.17, 15) is 9.59 Å². The number of hydrogen-bond donors (Lipinski definition) is 0. The van der Waals surface area contributed by atoms with E-state index in [1.165, 1.54) is 6.42 Å². The number of esters is 2. The average Bonchev–Trinajstić information content (AvgIpc) is 2.61. The van der Waals surface area contributed by atoms with Crippen molar-refractivity contribution in [2.45, 2.75) is 57.5 Å². The number of carbonyl (C=O) groups excluding carboxylic acids is 2. The molecule has 0 saturated heterocycles. The van der Waals surface area contributed by atoms with Crippen molar-refractivity contribution < 1.29 is 19.1 Å². The van der Waals surface area contributed by atoms with E-state index in [0.717, 1.165) is 17.7 Å². The molecule has 1 aliphatic carbocycles. The summed E-state index contributed by atoms with van der Waals surface area (Å²) in [6.07, 6.45) is 3.33. The lowest BCUT2D eigenvalue weighted by molar-refractivity contribution is -0.167. The van der Waals surface area contributed by atoms with Gasteiger partial charge in [-0.3, -0.25) is 4.79 Å². The molecule has 0 spiro atoms. The fraction of sp³-hybridized carbons (Fsp3) is 0.619. The summed E-state index contributed by atoms with van der Waals surface area (Å²) in [6.45, 7) is 6.22. The van der Waals surface area contributed by atoms with Crippen LogP contribution in [-0.2, 0) is 19.1 Å². The van der Waals surface area contributed by atoms with E-state index in [4.69, 9.17) is 21.1 Å². The first kappa shape index (κ1) is 22.1. The molecule has 0 bridgehead atoms. The van der Waals surface area contributed by atoms with Crippen LogP contribution in [0.4, 0.5) is 0 Å². The fourth-order valence-corrected chi connectivity index (χ4v) is 4.41. The Morgan fingerprint density at radius 3 is 2.56 bits per heavy atom. The third-order valence-corrected chi connectivity index (χ3v) is 6.25. The lowest BCUT2D eigenvalue weighted by Gasteiger charge is -2.36. The molecule has 0 unspecified atom stereocenters. The van der Waals surface area contributed by atoms with Crippen molar-refractivity contribution in [1.82, 2.24) is 0 Å². The first-order valence-corrected chi connectivity index (χ1v) is 10.9. The van der Waals surface area contributed by atoms with Crippen LogP contribution in [0, 0.1) is 17.8 Å². The van der Waals surface area contributed by atoms with Crippen molar-refractivity contribution in [2.24, 2.45) is 17.8 Å². The molecule has 1 fully saturated rings. The minimum Gasteiger partial charge on any atom is -0.460 e. The number of benzene rings is 1. The molecule has 27 heavy (non-hydrogen) atoms. The van der Waals surface area contributed by atoms with Crippen molar-refractivity contribution >= 4 is 35.3 Å². The Kier molecular flexibility index (Phi) is 8.97. The molecule has 0 aromatic heterocycles. The van der Waals surface area contributed by atoms with Crippen LogP contribution in [0.25, 0.3) is 0 Å². The van der Waals surface area contributed by atoms with Gasteiger partial charge in [0.05, 0.1) is 6.42 Å². The molecule has 0 amide bonds. The normalized spacial score (nSPS) is 22.5. The Hall–Kier alpha value is -1.20.